The molecule has 0 aliphatic heterocycles. The molecule has 2 heterocycles. The number of hydrogen-bond acceptors (Lipinski definition) is 6. The number of halogens is 3. The van der Waals surface area contributed by atoms with E-state index in [0.717, 1.165) is 36.1 Å². The summed E-state index contributed by atoms with van der Waals surface area (Å²) in [6.07, 6.45) is -2.24. The van der Waals surface area contributed by atoms with Gasteiger partial charge < -0.3 is 25.8 Å². The highest BCUT2D eigenvalue weighted by Crippen LogP contribution is 2.39. The minimum absolute atomic E-state index is 0.0446. The Hall–Kier alpha value is -3.79. The highest BCUT2D eigenvalue weighted by molar-refractivity contribution is 5.97. The molecule has 4 aromatic rings. The second-order valence-electron chi connectivity index (χ2n) is 8.78. The van der Waals surface area contributed by atoms with E-state index < -0.39 is 11.7 Å². The van der Waals surface area contributed by atoms with Crippen molar-refractivity contribution in [3.63, 3.8) is 0 Å². The van der Waals surface area contributed by atoms with Gasteiger partial charge in [-0.3, -0.25) is 0 Å². The van der Waals surface area contributed by atoms with E-state index in [2.05, 4.69) is 25.2 Å². The molecule has 0 aliphatic carbocycles. The zero-order valence-electron chi connectivity index (χ0n) is 20.0. The molecule has 0 radical (unpaired) electrons. The first-order valence-corrected chi connectivity index (χ1v) is 11.1. The number of aryl methyl sites for hydroxylation is 1. The minimum Gasteiger partial charge on any atom is -0.397 e. The van der Waals surface area contributed by atoms with Gasteiger partial charge in [0.05, 0.1) is 17.1 Å². The highest BCUT2D eigenvalue weighted by Gasteiger charge is 2.36. The molecule has 0 bridgehead atoms. The summed E-state index contributed by atoms with van der Waals surface area (Å²) < 4.78 is 41.5. The predicted octanol–water partition coefficient (Wildman–Crippen LogP) is 5.28. The molecule has 0 saturated carbocycles. The first-order chi connectivity index (χ1) is 16.5. The molecule has 0 spiro atoms. The fourth-order valence-corrected chi connectivity index (χ4v) is 3.94. The molecule has 0 fully saturated rings. The van der Waals surface area contributed by atoms with Gasteiger partial charge in [0.2, 0.25) is 5.95 Å². The number of nitrogens with one attached hydrogen (secondary N) is 2. The fraction of sp³-hybridized carbons (Fsp3) is 0.280. The molecule has 4 rings (SSSR count). The van der Waals surface area contributed by atoms with Crippen LogP contribution < -0.4 is 16.0 Å². The lowest BCUT2D eigenvalue weighted by molar-refractivity contribution is -0.137. The van der Waals surface area contributed by atoms with E-state index in [4.69, 9.17) is 5.73 Å². The van der Waals surface area contributed by atoms with Crippen LogP contribution in [0.15, 0.2) is 48.8 Å². The number of aromatic nitrogens is 3. The number of aromatic amines is 1. The van der Waals surface area contributed by atoms with Crippen molar-refractivity contribution < 1.29 is 13.2 Å². The second kappa shape index (κ2) is 9.46. The molecule has 7 nitrogen and oxygen atoms in total. The SMILES string of the molecule is Cc1cccc2c(-c3nc(Nc4ccc(N(C)CCN(C)C)c(N)c4)ncc3C(F)(F)F)c[nH]c12. The van der Waals surface area contributed by atoms with Crippen molar-refractivity contribution in [3.05, 3.63) is 59.9 Å². The number of nitrogen functional groups attached to an aromatic ring is 1. The van der Waals surface area contributed by atoms with Crippen LogP contribution in [-0.4, -0.2) is 54.1 Å². The molecule has 0 aliphatic rings. The molecule has 0 amide bonds. The van der Waals surface area contributed by atoms with Crippen LogP contribution in [0.5, 0.6) is 0 Å². The van der Waals surface area contributed by atoms with Gasteiger partial charge in [-0.1, -0.05) is 18.2 Å². The van der Waals surface area contributed by atoms with Gasteiger partial charge in [-0.15, -0.1) is 0 Å². The number of benzene rings is 2. The Labute approximate surface area is 201 Å². The summed E-state index contributed by atoms with van der Waals surface area (Å²) in [5, 5.41) is 3.66. The molecule has 2 aromatic carbocycles. The largest absolute Gasteiger partial charge is 0.419 e. The molecule has 10 heteroatoms. The zero-order valence-corrected chi connectivity index (χ0v) is 20.0. The molecule has 0 saturated heterocycles. The van der Waals surface area contributed by atoms with E-state index in [9.17, 15) is 13.2 Å². The van der Waals surface area contributed by atoms with Gasteiger partial charge in [-0.05, 0) is 44.8 Å². The Kier molecular flexibility index (Phi) is 6.58. The molecule has 2 aromatic heterocycles. The summed E-state index contributed by atoms with van der Waals surface area (Å²) in [6, 6.07) is 10.9. The third kappa shape index (κ3) is 5.17. The number of nitrogens with zero attached hydrogens (tertiary/aromatic N) is 4. The van der Waals surface area contributed by atoms with Crippen molar-refractivity contribution in [3.8, 4) is 11.3 Å². The number of anilines is 4. The Bertz CT molecular complexity index is 1340. The van der Waals surface area contributed by atoms with Gasteiger partial charge in [-0.25, -0.2) is 9.97 Å². The summed E-state index contributed by atoms with van der Waals surface area (Å²) in [7, 11) is 5.95. The molecule has 184 valence electrons. The number of likely N-dealkylation sites (N-methyl/N-ethyl adjacent to an activating group) is 2. The lowest BCUT2D eigenvalue weighted by Crippen LogP contribution is -2.28. The second-order valence-corrected chi connectivity index (χ2v) is 8.78. The average molecular weight is 484 g/mol. The normalized spacial score (nSPS) is 11.9. The van der Waals surface area contributed by atoms with Crippen molar-refractivity contribution in [1.29, 1.82) is 0 Å². The lowest BCUT2D eigenvalue weighted by atomic mass is 10.0. The summed E-state index contributed by atoms with van der Waals surface area (Å²) in [5.74, 6) is 0.0446. The number of fused-ring (bicyclic) bond motifs is 1. The van der Waals surface area contributed by atoms with E-state index in [0.29, 0.717) is 22.3 Å². The Morgan fingerprint density at radius 1 is 1.09 bits per heavy atom. The first kappa shape index (κ1) is 24.3. The topological polar surface area (TPSA) is 86.1 Å². The van der Waals surface area contributed by atoms with Crippen LogP contribution in [0.1, 0.15) is 11.1 Å². The van der Waals surface area contributed by atoms with E-state index in [-0.39, 0.29) is 11.6 Å². The van der Waals surface area contributed by atoms with Crippen LogP contribution in [0, 0.1) is 6.92 Å². The highest BCUT2D eigenvalue weighted by atomic mass is 19.4. The van der Waals surface area contributed by atoms with Crippen molar-refractivity contribution in [2.45, 2.75) is 13.1 Å². The predicted molar refractivity (Wildman–Crippen MR) is 135 cm³/mol. The van der Waals surface area contributed by atoms with Gasteiger partial charge in [0.1, 0.15) is 5.56 Å². The number of nitrogens with two attached hydrogens (primary N) is 1. The van der Waals surface area contributed by atoms with Crippen molar-refractivity contribution >= 4 is 33.9 Å². The Morgan fingerprint density at radius 2 is 1.86 bits per heavy atom. The number of hydrogen-bond donors (Lipinski definition) is 3. The number of para-hydroxylation sites is 1. The lowest BCUT2D eigenvalue weighted by Gasteiger charge is -2.23. The Balaban J connectivity index is 1.68. The fourth-order valence-electron chi connectivity index (χ4n) is 3.94. The van der Waals surface area contributed by atoms with Crippen molar-refractivity contribution in [2.24, 2.45) is 0 Å². The van der Waals surface area contributed by atoms with Crippen LogP contribution >= 0.6 is 0 Å². The smallest absolute Gasteiger partial charge is 0.397 e. The van der Waals surface area contributed by atoms with Crippen LogP contribution in [0.4, 0.5) is 36.2 Å². The Morgan fingerprint density at radius 3 is 2.54 bits per heavy atom. The first-order valence-electron chi connectivity index (χ1n) is 11.1. The summed E-state index contributed by atoms with van der Waals surface area (Å²) in [6.45, 7) is 3.55. The summed E-state index contributed by atoms with van der Waals surface area (Å²) in [4.78, 5) is 15.4. The van der Waals surface area contributed by atoms with E-state index >= 15 is 0 Å². The maximum Gasteiger partial charge on any atom is 0.419 e. The average Bonchev–Trinajstić information content (AvgIpc) is 3.22. The molecule has 0 atom stereocenters. The summed E-state index contributed by atoms with van der Waals surface area (Å²) in [5.41, 5.74) is 9.20. The number of alkyl halides is 3. The molecular weight excluding hydrogens is 455 g/mol. The summed E-state index contributed by atoms with van der Waals surface area (Å²) >= 11 is 0. The third-order valence-corrected chi connectivity index (χ3v) is 5.85. The molecular formula is C25H28F3N7. The quantitative estimate of drug-likeness (QED) is 0.310. The standard InChI is InChI=1S/C25H28F3N7/c1-15-6-5-7-17-18(13-30-22(15)17)23-19(25(26,27)28)14-31-24(33-23)32-16-8-9-21(20(29)12-16)35(4)11-10-34(2)3/h5-9,12-14,30H,10-11,29H2,1-4H3,(H,31,32,33). The van der Waals surface area contributed by atoms with Crippen LogP contribution in [0.3, 0.4) is 0 Å². The van der Waals surface area contributed by atoms with Gasteiger partial charge in [0.25, 0.3) is 0 Å². The van der Waals surface area contributed by atoms with Gasteiger partial charge in [0.15, 0.2) is 0 Å². The maximum atomic E-state index is 13.8. The van der Waals surface area contributed by atoms with Crippen LogP contribution in [0.2, 0.25) is 0 Å². The van der Waals surface area contributed by atoms with Crippen LogP contribution in [0.25, 0.3) is 22.2 Å². The van der Waals surface area contributed by atoms with E-state index in [1.165, 1.54) is 0 Å². The monoisotopic (exact) mass is 483 g/mol. The third-order valence-electron chi connectivity index (χ3n) is 5.85. The van der Waals surface area contributed by atoms with Gasteiger partial charge in [-0.2, -0.15) is 13.2 Å². The molecule has 4 N–H and O–H groups in total. The van der Waals surface area contributed by atoms with Gasteiger partial charge in [0, 0.05) is 54.7 Å². The van der Waals surface area contributed by atoms with Crippen LogP contribution in [-0.2, 0) is 6.18 Å². The van der Waals surface area contributed by atoms with E-state index in [1.54, 1.807) is 24.4 Å². The molecule has 0 unspecified atom stereocenters. The van der Waals surface area contributed by atoms with Crippen molar-refractivity contribution in [1.82, 2.24) is 19.9 Å². The number of H-pyrrole nitrogens is 1. The molecule has 35 heavy (non-hydrogen) atoms. The van der Waals surface area contributed by atoms with E-state index in [1.807, 2.05) is 51.2 Å². The number of rotatable bonds is 7. The van der Waals surface area contributed by atoms with Gasteiger partial charge >= 0.3 is 6.18 Å². The van der Waals surface area contributed by atoms with Crippen molar-refractivity contribution in [2.75, 3.05) is 50.2 Å². The minimum atomic E-state index is -4.61. The maximum absolute atomic E-state index is 13.8. The zero-order chi connectivity index (χ0) is 25.3.